The Balaban J connectivity index is 0.000000105. The summed E-state index contributed by atoms with van der Waals surface area (Å²) in [5.41, 5.74) is 16.7. The lowest BCUT2D eigenvalue weighted by atomic mass is 9.59. The number of piperazine rings is 2. The number of aromatic amines is 1. The average Bonchev–Trinajstić information content (AvgIpc) is 1.75. The van der Waals surface area contributed by atoms with Crippen molar-refractivity contribution in [2.45, 2.75) is 88.5 Å². The van der Waals surface area contributed by atoms with Gasteiger partial charge < -0.3 is 44.7 Å². The number of aromatic nitrogens is 11. The Labute approximate surface area is 621 Å². The normalized spacial score (nSPS) is 24.7. The van der Waals surface area contributed by atoms with Crippen LogP contribution in [0, 0.1) is 46.8 Å². The minimum atomic E-state index is -1.56. The summed E-state index contributed by atoms with van der Waals surface area (Å²) in [5.74, 6) is 8.39. The lowest BCUT2D eigenvalue weighted by Crippen LogP contribution is -2.68. The third-order valence-electron chi connectivity index (χ3n) is 23.7. The monoisotopic (exact) mass is 1510 g/mol. The van der Waals surface area contributed by atoms with Gasteiger partial charge in [0, 0.05) is 113 Å². The van der Waals surface area contributed by atoms with Crippen LogP contribution in [0.15, 0.2) is 162 Å². The fraction of sp³-hybridized carbons (Fsp3) is 0.375. The molecule has 15 aliphatic rings. The van der Waals surface area contributed by atoms with Crippen molar-refractivity contribution in [3.05, 3.63) is 212 Å². The lowest BCUT2D eigenvalue weighted by molar-refractivity contribution is -0.00867. The Hall–Kier alpha value is -9.06. The van der Waals surface area contributed by atoms with E-state index in [1.54, 1.807) is 29.3 Å². The zero-order chi connectivity index (χ0) is 69.9. The predicted octanol–water partition coefficient (Wildman–Crippen LogP) is 10.4. The summed E-state index contributed by atoms with van der Waals surface area (Å²) in [7, 11) is -1.56. The van der Waals surface area contributed by atoms with E-state index in [4.69, 9.17) is 24.8 Å². The summed E-state index contributed by atoms with van der Waals surface area (Å²) < 4.78 is 8.89. The first-order valence-corrected chi connectivity index (χ1v) is 38.3. The fourth-order valence-corrected chi connectivity index (χ4v) is 18.6. The number of rotatable bonds is 13. The van der Waals surface area contributed by atoms with E-state index in [2.05, 4.69) is 205 Å². The highest BCUT2D eigenvalue weighted by molar-refractivity contribution is 9.10. The third-order valence-corrected chi connectivity index (χ3v) is 24.6. The quantitative estimate of drug-likeness (QED) is 0.0785. The van der Waals surface area contributed by atoms with Crippen molar-refractivity contribution < 1.29 is 14.8 Å². The second-order valence-electron chi connectivity index (χ2n) is 30.0. The topological polar surface area (TPSA) is 238 Å². The second-order valence-corrected chi connectivity index (χ2v) is 31.7. The van der Waals surface area contributed by atoms with E-state index in [0.717, 1.165) is 157 Å². The molecular formula is C80H81BBr2N18O3. The van der Waals surface area contributed by atoms with Gasteiger partial charge in [-0.2, -0.15) is 10.4 Å². The standard InChI is InChI=1S/C31H28N8O.C20H22BN3O2.C20H20BrN3.C9H11BrN4/c32-12-24-13-36-39-17-23(21-4-7-40-8-5-21)10-27(31(24)39)29-14-35-30(15-34-29)37-18-25-11-26(19-37)38(25)16-20-1-2-28-22(9-20)3-6-33-28;25-21(26)19-9-23-20(10-22-19)24-11-16-8-17(12-24)18(16)7-13-4-5-14-2-1-3-15(14)6-13;21-19-9-23-20(10-22-19)24-11-16-8-17(12-24)18(16)7-13-4-5-14-2-1-3-15(14)6-13;10-8-2-12-9(3-11-8)14-4-6-1-7(5-14)13-6/h1-4,6,9-10,13-15,17,25-26,33H,5,7-8,11,16,18-19H2;1,3-6,9-10,16-18,25-26H,2,7-8,11-12H2;1,3-6,9-10,16-18H,2,7-8,11-12H2;2-3,6-7,13H,1,4-5H2. The van der Waals surface area contributed by atoms with Gasteiger partial charge in [0.25, 0.3) is 0 Å². The number of allylic oxidation sites excluding steroid dienone is 2. The second kappa shape index (κ2) is 28.8. The van der Waals surface area contributed by atoms with Crippen LogP contribution in [0.3, 0.4) is 0 Å². The Morgan fingerprint density at radius 1 is 0.587 bits per heavy atom. The number of nitrogens with zero attached hydrogens (tertiary/aromatic N) is 16. The first-order valence-electron chi connectivity index (χ1n) is 36.8. The van der Waals surface area contributed by atoms with Gasteiger partial charge in [0.15, 0.2) is 0 Å². The number of halogens is 2. The number of fused-ring (bicyclic) bond motifs is 12. The van der Waals surface area contributed by atoms with Gasteiger partial charge in [-0.15, -0.1) is 0 Å². The molecule has 526 valence electrons. The molecule has 11 aliphatic heterocycles. The van der Waals surface area contributed by atoms with E-state index in [1.165, 1.54) is 100 Å². The molecular weight excluding hydrogens is 1430 g/mol. The summed E-state index contributed by atoms with van der Waals surface area (Å²) >= 11 is 6.65. The van der Waals surface area contributed by atoms with E-state index in [-0.39, 0.29) is 5.59 Å². The molecule has 25 rings (SSSR count). The Bertz CT molecular complexity index is 4900. The van der Waals surface area contributed by atoms with Crippen LogP contribution in [-0.4, -0.2) is 166 Å². The number of benzene rings is 3. The molecule has 4 aliphatic carbocycles. The zero-order valence-corrected chi connectivity index (χ0v) is 61.0. The summed E-state index contributed by atoms with van der Waals surface area (Å²) in [6.45, 7) is 10.6. The SMILES string of the molecule is Brc1cnc(N2CC3CC(C2)C3Cc2ccc3c(c2)C=CC3)cn1.Brc1cnc(N2CC3CC(C2)N3)cn1.N#Cc1cnn2cc(C3=CCOCC3)cc(-c3cnc(N4CC5CC(C4)N5Cc4ccc5[nH]ccc5c4)cn3)c12.OB(O)c1cnc(N2CC3CC(C2)C3Cc2ccc3c(c2)C=CC3)cn1. The summed E-state index contributed by atoms with van der Waals surface area (Å²) in [6, 6.07) is 29.7. The molecule has 24 heteroatoms. The van der Waals surface area contributed by atoms with E-state index >= 15 is 0 Å². The van der Waals surface area contributed by atoms with Crippen LogP contribution >= 0.6 is 31.9 Å². The molecule has 18 heterocycles. The van der Waals surface area contributed by atoms with Crippen LogP contribution in [0.1, 0.15) is 82.2 Å². The highest BCUT2D eigenvalue weighted by atomic mass is 79.9. The minimum absolute atomic E-state index is 0.194. The first kappa shape index (κ1) is 66.9. The molecule has 104 heavy (non-hydrogen) atoms. The zero-order valence-electron chi connectivity index (χ0n) is 57.8. The molecule has 0 spiro atoms. The molecule has 4 N–H and O–H groups in total. The van der Waals surface area contributed by atoms with Crippen LogP contribution in [0.4, 0.5) is 23.3 Å². The van der Waals surface area contributed by atoms with Crippen LogP contribution in [-0.2, 0) is 37.0 Å². The van der Waals surface area contributed by atoms with Gasteiger partial charge in [-0.05, 0) is 205 Å². The molecule has 7 aromatic heterocycles. The molecule has 0 amide bonds. The molecule has 0 radical (unpaired) electrons. The summed E-state index contributed by atoms with van der Waals surface area (Å²) in [5, 5.41) is 37.2. The number of anilines is 4. The van der Waals surface area contributed by atoms with Crippen LogP contribution in [0.25, 0.3) is 45.4 Å². The minimum Gasteiger partial charge on any atom is -0.422 e. The average molecular weight is 1510 g/mol. The predicted molar refractivity (Wildman–Crippen MR) is 412 cm³/mol. The molecule has 8 unspecified atom stereocenters. The summed E-state index contributed by atoms with van der Waals surface area (Å²) in [6.07, 6.45) is 41.5. The Kier molecular flexibility index (Phi) is 18.5. The molecule has 8 bridgehead atoms. The molecule has 8 atom stereocenters. The van der Waals surface area contributed by atoms with Gasteiger partial charge in [0.05, 0.1) is 85.2 Å². The number of nitrogens with one attached hydrogen (secondary N) is 2. The van der Waals surface area contributed by atoms with Crippen LogP contribution in [0.2, 0.25) is 0 Å². The molecule has 2 saturated carbocycles. The van der Waals surface area contributed by atoms with Crippen molar-refractivity contribution in [3.8, 4) is 17.3 Å². The molecule has 3 aromatic carbocycles. The van der Waals surface area contributed by atoms with Gasteiger partial charge in [0.1, 0.15) is 38.5 Å². The van der Waals surface area contributed by atoms with Gasteiger partial charge in [-0.3, -0.25) is 14.9 Å². The van der Waals surface area contributed by atoms with E-state index < -0.39 is 7.12 Å². The maximum Gasteiger partial charge on any atom is 0.509 e. The number of hydrogen-bond acceptors (Lipinski definition) is 19. The largest absolute Gasteiger partial charge is 0.509 e. The smallest absolute Gasteiger partial charge is 0.422 e. The number of ether oxygens (including phenoxy) is 1. The highest BCUT2D eigenvalue weighted by Crippen LogP contribution is 2.50. The van der Waals surface area contributed by atoms with Crippen LogP contribution < -0.4 is 30.5 Å². The molecule has 10 aromatic rings. The first-order chi connectivity index (χ1) is 51.0. The van der Waals surface area contributed by atoms with Crippen molar-refractivity contribution >= 4 is 102 Å². The van der Waals surface area contributed by atoms with Gasteiger partial charge >= 0.3 is 7.12 Å². The maximum atomic E-state index is 9.73. The van der Waals surface area contributed by atoms with Crippen molar-refractivity contribution in [1.29, 1.82) is 5.26 Å². The Morgan fingerprint density at radius 2 is 1.16 bits per heavy atom. The van der Waals surface area contributed by atoms with E-state index in [1.807, 2.05) is 37.2 Å². The molecule has 10 saturated heterocycles. The number of nitriles is 1. The number of pyridine rings is 1. The number of H-pyrrole nitrogens is 1. The maximum absolute atomic E-state index is 9.73. The van der Waals surface area contributed by atoms with E-state index in [0.29, 0.717) is 54.8 Å². The van der Waals surface area contributed by atoms with Gasteiger partial charge in [-0.1, -0.05) is 72.8 Å². The van der Waals surface area contributed by atoms with Gasteiger partial charge in [0.2, 0.25) is 0 Å². The Morgan fingerprint density at radius 3 is 1.71 bits per heavy atom. The lowest BCUT2D eigenvalue weighted by Gasteiger charge is -2.56. The number of piperidine rings is 6. The fourth-order valence-electron chi connectivity index (χ4n) is 18.2. The van der Waals surface area contributed by atoms with Crippen molar-refractivity contribution in [2.24, 2.45) is 35.5 Å². The van der Waals surface area contributed by atoms with Crippen LogP contribution in [0.5, 0.6) is 0 Å². The van der Waals surface area contributed by atoms with Gasteiger partial charge in [-0.25, -0.2) is 34.4 Å². The highest BCUT2D eigenvalue weighted by Gasteiger charge is 2.49. The van der Waals surface area contributed by atoms with E-state index in [9.17, 15) is 5.26 Å². The molecule has 12 fully saturated rings. The molecule has 21 nitrogen and oxygen atoms in total. The third kappa shape index (κ3) is 13.8. The van der Waals surface area contributed by atoms with Crippen molar-refractivity contribution in [3.63, 3.8) is 0 Å². The van der Waals surface area contributed by atoms with Crippen molar-refractivity contribution in [1.82, 2.24) is 64.7 Å². The summed E-state index contributed by atoms with van der Waals surface area (Å²) in [4.78, 5) is 50.8. The number of hydrogen-bond donors (Lipinski definition) is 4. The van der Waals surface area contributed by atoms with Crippen molar-refractivity contribution in [2.75, 3.05) is 85.2 Å².